The van der Waals surface area contributed by atoms with Crippen LogP contribution >= 0.6 is 0 Å². The van der Waals surface area contributed by atoms with Gasteiger partial charge < -0.3 is 15.0 Å². The molecule has 25 heavy (non-hydrogen) atoms. The van der Waals surface area contributed by atoms with Crippen molar-refractivity contribution in [2.24, 2.45) is 0 Å². The van der Waals surface area contributed by atoms with E-state index < -0.39 is 0 Å². The lowest BCUT2D eigenvalue weighted by Crippen LogP contribution is -1.87. The van der Waals surface area contributed by atoms with Crippen LogP contribution in [0.1, 0.15) is 57.4 Å². The molecule has 0 aliphatic rings. The second-order valence-corrected chi connectivity index (χ2v) is 5.84. The van der Waals surface area contributed by atoms with Gasteiger partial charge in [0.1, 0.15) is 18.3 Å². The van der Waals surface area contributed by atoms with E-state index in [-0.39, 0.29) is 0 Å². The molecule has 2 aromatic carbocycles. The zero-order valence-corrected chi connectivity index (χ0v) is 15.4. The summed E-state index contributed by atoms with van der Waals surface area (Å²) in [5.74, 6) is 0.774. The van der Waals surface area contributed by atoms with Crippen LogP contribution in [0.25, 0.3) is 0 Å². The molecule has 2 N–H and O–H groups in total. The third-order valence-electron chi connectivity index (χ3n) is 3.80. The number of benzene rings is 2. The summed E-state index contributed by atoms with van der Waals surface area (Å²) < 4.78 is 0. The second-order valence-electron chi connectivity index (χ2n) is 5.84. The quantitative estimate of drug-likeness (QED) is 0.587. The van der Waals surface area contributed by atoms with E-state index in [1.807, 2.05) is 31.1 Å². The summed E-state index contributed by atoms with van der Waals surface area (Å²) in [5, 5.41) is 18.2. The minimum Gasteiger partial charge on any atom is -0.508 e. The number of phenols is 2. The zero-order chi connectivity index (χ0) is 18.8. The minimum absolute atomic E-state index is 0.322. The first-order valence-electron chi connectivity index (χ1n) is 9.03. The molecular formula is C22H32O3. The number of phenolic OH excluding ortho intramolecular Hbond substituents is 2. The fourth-order valence-corrected chi connectivity index (χ4v) is 2.42. The molecular weight excluding hydrogens is 312 g/mol. The van der Waals surface area contributed by atoms with E-state index in [4.69, 9.17) is 9.90 Å². The van der Waals surface area contributed by atoms with Crippen molar-refractivity contribution in [3.05, 3.63) is 60.2 Å². The van der Waals surface area contributed by atoms with Crippen LogP contribution in [0, 0.1) is 0 Å². The monoisotopic (exact) mass is 344 g/mol. The van der Waals surface area contributed by atoms with Crippen molar-refractivity contribution in [1.29, 1.82) is 0 Å². The Kier molecular flexibility index (Phi) is 15.0. The maximum Gasteiger partial charge on any atom is 0.118 e. The smallest absolute Gasteiger partial charge is 0.118 e. The van der Waals surface area contributed by atoms with E-state index in [1.165, 1.54) is 44.9 Å². The summed E-state index contributed by atoms with van der Waals surface area (Å²) in [7, 11) is 0. The van der Waals surface area contributed by atoms with Crippen LogP contribution in [0.3, 0.4) is 0 Å². The average Bonchev–Trinajstić information content (AvgIpc) is 2.65. The van der Waals surface area contributed by atoms with Crippen molar-refractivity contribution in [1.82, 2.24) is 0 Å². The number of carbonyl (C=O) groups is 1. The second kappa shape index (κ2) is 16.6. The van der Waals surface area contributed by atoms with Crippen molar-refractivity contribution in [3.8, 4) is 11.5 Å². The number of aryl methyl sites for hydroxylation is 1. The first-order chi connectivity index (χ1) is 12.2. The molecule has 0 amide bonds. The molecule has 2 aromatic rings. The van der Waals surface area contributed by atoms with Gasteiger partial charge in [-0.05, 0) is 36.6 Å². The summed E-state index contributed by atoms with van der Waals surface area (Å²) in [5.41, 5.74) is 1.09. The summed E-state index contributed by atoms with van der Waals surface area (Å²) in [6, 6.07) is 16.4. The lowest BCUT2D eigenvalue weighted by Gasteiger charge is -2.04. The standard InChI is InChI=1S/C15H24O.C6H6O.CH2O/c1-2-3-4-5-6-7-8-11-14-12-9-10-13-15(14)16;7-6-4-2-1-3-5-6;1-2/h9-10,12-13,16H,2-8,11H2,1H3;1-5,7H;1H2. The van der Waals surface area contributed by atoms with Crippen LogP contribution in [0.4, 0.5) is 0 Å². The summed E-state index contributed by atoms with van der Waals surface area (Å²) in [6.45, 7) is 4.25. The Hall–Kier alpha value is -2.29. The number of para-hydroxylation sites is 2. The van der Waals surface area contributed by atoms with E-state index in [2.05, 4.69) is 6.92 Å². The number of aromatic hydroxyl groups is 2. The molecule has 0 saturated heterocycles. The molecule has 0 aliphatic heterocycles. The van der Waals surface area contributed by atoms with Gasteiger partial charge in [0.25, 0.3) is 0 Å². The molecule has 0 spiro atoms. The van der Waals surface area contributed by atoms with Crippen molar-refractivity contribution in [2.45, 2.75) is 58.3 Å². The van der Waals surface area contributed by atoms with Gasteiger partial charge in [-0.1, -0.05) is 81.8 Å². The third kappa shape index (κ3) is 12.8. The summed E-state index contributed by atoms with van der Waals surface area (Å²) in [4.78, 5) is 8.00. The molecule has 0 bridgehead atoms. The lowest BCUT2D eigenvalue weighted by molar-refractivity contribution is -0.0979. The Morgan fingerprint density at radius 1 is 0.720 bits per heavy atom. The fourth-order valence-electron chi connectivity index (χ4n) is 2.42. The van der Waals surface area contributed by atoms with Gasteiger partial charge in [-0.25, -0.2) is 0 Å². The Morgan fingerprint density at radius 3 is 1.76 bits per heavy atom. The lowest BCUT2D eigenvalue weighted by atomic mass is 10.0. The van der Waals surface area contributed by atoms with E-state index in [9.17, 15) is 5.11 Å². The predicted octanol–water partition coefficient (Wildman–Crippen LogP) is 5.89. The van der Waals surface area contributed by atoms with Crippen LogP contribution in [-0.4, -0.2) is 17.0 Å². The largest absolute Gasteiger partial charge is 0.508 e. The maximum atomic E-state index is 9.58. The highest BCUT2D eigenvalue weighted by Gasteiger charge is 1.98. The van der Waals surface area contributed by atoms with Crippen LogP contribution in [0.15, 0.2) is 54.6 Å². The highest BCUT2D eigenvalue weighted by molar-refractivity contribution is 5.31. The highest BCUT2D eigenvalue weighted by atomic mass is 16.3. The van der Waals surface area contributed by atoms with Gasteiger partial charge in [0.15, 0.2) is 0 Å². The molecule has 0 aliphatic carbocycles. The molecule has 0 atom stereocenters. The Labute approximate surface area is 152 Å². The van der Waals surface area contributed by atoms with Gasteiger partial charge in [-0.15, -0.1) is 0 Å². The van der Waals surface area contributed by atoms with E-state index in [0.717, 1.165) is 12.0 Å². The molecule has 0 heterocycles. The Morgan fingerprint density at radius 2 is 1.24 bits per heavy atom. The van der Waals surface area contributed by atoms with Crippen LogP contribution in [-0.2, 0) is 11.2 Å². The number of carbonyl (C=O) groups excluding carboxylic acids is 1. The van der Waals surface area contributed by atoms with Gasteiger partial charge in [0, 0.05) is 0 Å². The first kappa shape index (κ1) is 22.7. The van der Waals surface area contributed by atoms with E-state index in [1.54, 1.807) is 30.3 Å². The number of rotatable bonds is 8. The molecule has 3 heteroatoms. The van der Waals surface area contributed by atoms with Gasteiger partial charge in [-0.3, -0.25) is 0 Å². The first-order valence-corrected chi connectivity index (χ1v) is 9.03. The number of hydrogen-bond donors (Lipinski definition) is 2. The average molecular weight is 344 g/mol. The minimum atomic E-state index is 0.322. The molecule has 3 nitrogen and oxygen atoms in total. The molecule has 0 saturated carbocycles. The molecule has 0 aromatic heterocycles. The highest BCUT2D eigenvalue weighted by Crippen LogP contribution is 2.18. The van der Waals surface area contributed by atoms with Gasteiger partial charge in [-0.2, -0.15) is 0 Å². The zero-order valence-electron chi connectivity index (χ0n) is 15.4. The number of hydrogen-bond acceptors (Lipinski definition) is 3. The normalized spacial score (nSPS) is 9.32. The molecule has 2 rings (SSSR count). The molecule has 0 fully saturated rings. The topological polar surface area (TPSA) is 57.5 Å². The van der Waals surface area contributed by atoms with Crippen LogP contribution < -0.4 is 0 Å². The Balaban J connectivity index is 0.000000530. The molecule has 0 radical (unpaired) electrons. The van der Waals surface area contributed by atoms with Crippen molar-refractivity contribution >= 4 is 6.79 Å². The SMILES string of the molecule is C=O.CCCCCCCCCc1ccccc1O.Oc1ccccc1. The fraction of sp³-hybridized carbons (Fsp3) is 0.409. The summed E-state index contributed by atoms with van der Waals surface area (Å²) >= 11 is 0. The van der Waals surface area contributed by atoms with E-state index >= 15 is 0 Å². The van der Waals surface area contributed by atoms with Gasteiger partial charge in [0.05, 0.1) is 0 Å². The van der Waals surface area contributed by atoms with Crippen LogP contribution in [0.2, 0.25) is 0 Å². The predicted molar refractivity (Wildman–Crippen MR) is 105 cm³/mol. The maximum absolute atomic E-state index is 9.58. The van der Waals surface area contributed by atoms with Gasteiger partial charge >= 0.3 is 0 Å². The van der Waals surface area contributed by atoms with Crippen molar-refractivity contribution < 1.29 is 15.0 Å². The molecule has 138 valence electrons. The summed E-state index contributed by atoms with van der Waals surface area (Å²) in [6.07, 6.45) is 10.3. The Bertz CT molecular complexity index is 526. The van der Waals surface area contributed by atoms with Crippen LogP contribution in [0.5, 0.6) is 11.5 Å². The van der Waals surface area contributed by atoms with E-state index in [0.29, 0.717) is 11.5 Å². The van der Waals surface area contributed by atoms with Crippen molar-refractivity contribution in [3.63, 3.8) is 0 Å². The molecule has 0 unspecified atom stereocenters. The van der Waals surface area contributed by atoms with Crippen molar-refractivity contribution in [2.75, 3.05) is 0 Å². The van der Waals surface area contributed by atoms with Gasteiger partial charge in [0.2, 0.25) is 0 Å². The number of unbranched alkanes of at least 4 members (excludes halogenated alkanes) is 6. The third-order valence-corrected chi connectivity index (χ3v) is 3.80.